The van der Waals surface area contributed by atoms with Gasteiger partial charge in [0.25, 0.3) is 0 Å². The van der Waals surface area contributed by atoms with Crippen LogP contribution in [0.2, 0.25) is 5.02 Å². The third-order valence-electron chi connectivity index (χ3n) is 5.81. The van der Waals surface area contributed by atoms with Crippen molar-refractivity contribution in [2.24, 2.45) is 5.92 Å². The van der Waals surface area contributed by atoms with Crippen molar-refractivity contribution in [2.75, 3.05) is 0 Å². The number of amides is 1. The largest absolute Gasteiger partial charge is 0.364 e. The van der Waals surface area contributed by atoms with E-state index >= 15 is 0 Å². The molecule has 5 rings (SSSR count). The number of aromatic nitrogens is 4. The van der Waals surface area contributed by atoms with Gasteiger partial charge in [0.1, 0.15) is 12.7 Å². The lowest BCUT2D eigenvalue weighted by atomic mass is 9.77. The number of hydrogen-bond donors (Lipinski definition) is 1. The quantitative estimate of drug-likeness (QED) is 0.843. The van der Waals surface area contributed by atoms with Gasteiger partial charge in [-0.3, -0.25) is 4.79 Å². The van der Waals surface area contributed by atoms with Gasteiger partial charge in [-0.15, -0.1) is 0 Å². The van der Waals surface area contributed by atoms with Gasteiger partial charge in [0.05, 0.1) is 11.6 Å². The van der Waals surface area contributed by atoms with Crippen LogP contribution in [-0.2, 0) is 16.9 Å². The highest BCUT2D eigenvalue weighted by molar-refractivity contribution is 6.31. The van der Waals surface area contributed by atoms with E-state index in [1.807, 2.05) is 26.0 Å². The molecule has 2 bridgehead atoms. The topological polar surface area (TPSA) is 81.8 Å². The highest BCUT2D eigenvalue weighted by Crippen LogP contribution is 2.57. The third kappa shape index (κ3) is 3.05. The van der Waals surface area contributed by atoms with Gasteiger partial charge in [-0.2, -0.15) is 9.36 Å². The number of rotatable bonds is 5. The minimum atomic E-state index is -0.881. The number of tetrazole rings is 1. The van der Waals surface area contributed by atoms with Crippen molar-refractivity contribution in [3.8, 4) is 0 Å². The second-order valence-corrected chi connectivity index (χ2v) is 8.15. The second-order valence-electron chi connectivity index (χ2n) is 7.74. The van der Waals surface area contributed by atoms with Gasteiger partial charge in [0, 0.05) is 11.4 Å². The van der Waals surface area contributed by atoms with Crippen LogP contribution in [0.25, 0.3) is 0 Å². The molecular weight excluding hydrogens is 373 g/mol. The molecule has 9 heteroatoms. The van der Waals surface area contributed by atoms with E-state index in [4.69, 9.17) is 11.6 Å². The molecule has 0 unspecified atom stereocenters. The molecule has 144 valence electrons. The fourth-order valence-electron chi connectivity index (χ4n) is 4.24. The zero-order chi connectivity index (χ0) is 19.3. The first kappa shape index (κ1) is 18.2. The van der Waals surface area contributed by atoms with Crippen LogP contribution in [0.1, 0.15) is 43.4 Å². The first-order valence-corrected chi connectivity index (χ1v) is 9.40. The maximum Gasteiger partial charge on any atom is 0.364 e. The van der Waals surface area contributed by atoms with Crippen molar-refractivity contribution in [3.05, 3.63) is 44.8 Å². The molecule has 0 aliphatic heterocycles. The number of halogens is 2. The van der Waals surface area contributed by atoms with Crippen molar-refractivity contribution in [3.63, 3.8) is 0 Å². The number of hydrogen-bond acceptors (Lipinski definition) is 4. The molecule has 2 aromatic rings. The van der Waals surface area contributed by atoms with Crippen LogP contribution in [-0.4, -0.2) is 31.9 Å². The van der Waals surface area contributed by atoms with Crippen LogP contribution in [0.3, 0.4) is 0 Å². The summed E-state index contributed by atoms with van der Waals surface area (Å²) in [6.07, 6.45) is 0.654. The summed E-state index contributed by atoms with van der Waals surface area (Å²) in [6.45, 7) is 3.52. The molecule has 1 aromatic heterocycles. The maximum absolute atomic E-state index is 13.8. The summed E-state index contributed by atoms with van der Waals surface area (Å²) in [5.41, 5.74) is 0.827. The highest BCUT2D eigenvalue weighted by atomic mass is 35.5. The van der Waals surface area contributed by atoms with Crippen LogP contribution in [0.5, 0.6) is 0 Å². The summed E-state index contributed by atoms with van der Waals surface area (Å²) in [7, 11) is 0. The van der Waals surface area contributed by atoms with Gasteiger partial charge in [0.2, 0.25) is 5.91 Å². The summed E-state index contributed by atoms with van der Waals surface area (Å²) in [4.78, 5) is 24.9. The first-order valence-electron chi connectivity index (χ1n) is 9.02. The lowest BCUT2D eigenvalue weighted by Gasteiger charge is -2.36. The Hall–Kier alpha value is -2.22. The van der Waals surface area contributed by atoms with Crippen molar-refractivity contribution >= 4 is 17.5 Å². The summed E-state index contributed by atoms with van der Waals surface area (Å²) < 4.78 is 16.0. The SMILES string of the molecule is Cc1cc([C@H](C)NC(=O)Cn2nnn(C34CC(C3)[C@@H](F)C4)c2=O)ccc1Cl. The van der Waals surface area contributed by atoms with Crippen LogP contribution in [0, 0.1) is 12.8 Å². The van der Waals surface area contributed by atoms with Gasteiger partial charge in [-0.05, 0) is 60.2 Å². The molecule has 7 nitrogen and oxygen atoms in total. The number of benzene rings is 1. The van der Waals surface area contributed by atoms with E-state index in [1.54, 1.807) is 6.07 Å². The molecule has 0 radical (unpaired) electrons. The number of aryl methyl sites for hydroxylation is 1. The van der Waals surface area contributed by atoms with Crippen LogP contribution in [0.4, 0.5) is 4.39 Å². The van der Waals surface area contributed by atoms with Crippen LogP contribution < -0.4 is 11.0 Å². The number of nitrogens with zero attached hydrogens (tertiary/aromatic N) is 4. The monoisotopic (exact) mass is 393 g/mol. The number of fused-ring (bicyclic) bond motifs is 1. The Morgan fingerprint density at radius 1 is 1.41 bits per heavy atom. The second kappa shape index (κ2) is 6.44. The van der Waals surface area contributed by atoms with Gasteiger partial charge >= 0.3 is 5.69 Å². The van der Waals surface area contributed by atoms with E-state index in [9.17, 15) is 14.0 Å². The van der Waals surface area contributed by atoms with Gasteiger partial charge in [-0.1, -0.05) is 23.7 Å². The summed E-state index contributed by atoms with van der Waals surface area (Å²) >= 11 is 6.03. The Morgan fingerprint density at radius 3 is 2.78 bits per heavy atom. The molecule has 0 spiro atoms. The minimum Gasteiger partial charge on any atom is -0.348 e. The smallest absolute Gasteiger partial charge is 0.348 e. The summed E-state index contributed by atoms with van der Waals surface area (Å²) in [5.74, 6) is -0.322. The molecule has 1 N–H and O–H groups in total. The molecule has 3 fully saturated rings. The molecule has 0 saturated heterocycles. The van der Waals surface area contributed by atoms with Crippen molar-refractivity contribution < 1.29 is 9.18 Å². The van der Waals surface area contributed by atoms with Crippen molar-refractivity contribution in [2.45, 2.75) is 57.4 Å². The molecule has 1 heterocycles. The molecule has 1 amide bonds. The number of carbonyl (C=O) groups is 1. The Morgan fingerprint density at radius 2 is 2.15 bits per heavy atom. The lowest BCUT2D eigenvalue weighted by molar-refractivity contribution is -0.122. The van der Waals surface area contributed by atoms with Crippen LogP contribution >= 0.6 is 11.6 Å². The molecule has 27 heavy (non-hydrogen) atoms. The van der Waals surface area contributed by atoms with E-state index in [0.29, 0.717) is 24.3 Å². The van der Waals surface area contributed by atoms with Gasteiger partial charge in [-0.25, -0.2) is 9.18 Å². The first-order chi connectivity index (χ1) is 12.8. The summed E-state index contributed by atoms with van der Waals surface area (Å²) in [5, 5.41) is 11.2. The molecule has 3 saturated carbocycles. The predicted octanol–water partition coefficient (Wildman–Crippen LogP) is 2.13. The molecule has 3 aliphatic rings. The predicted molar refractivity (Wildman–Crippen MR) is 97.2 cm³/mol. The average Bonchev–Trinajstić information content (AvgIpc) is 3.20. The standard InChI is InChI=1S/C18H21ClFN5O2/c1-10-5-12(3-4-14(10)19)11(2)21-16(26)9-24-17(27)25(23-22-24)18-6-13(7-18)15(20)8-18/h3-5,11,13,15H,6-9H2,1-2H3,(H,21,26)/t11-,13?,15-,18?/m0/s1. The van der Waals surface area contributed by atoms with Crippen LogP contribution in [0.15, 0.2) is 23.0 Å². The number of alkyl halides is 1. The van der Waals surface area contributed by atoms with E-state index in [2.05, 4.69) is 15.7 Å². The Balaban J connectivity index is 1.43. The Bertz CT molecular complexity index is 949. The molecular formula is C18H21ClFN5O2. The van der Waals surface area contributed by atoms with E-state index in [1.165, 1.54) is 4.68 Å². The zero-order valence-electron chi connectivity index (χ0n) is 15.2. The number of nitrogens with one attached hydrogen (secondary N) is 1. The van der Waals surface area contributed by atoms with Gasteiger partial charge in [0.15, 0.2) is 0 Å². The third-order valence-corrected chi connectivity index (χ3v) is 6.24. The number of carbonyl (C=O) groups excluding carboxylic acids is 1. The average molecular weight is 394 g/mol. The molecule has 1 aromatic carbocycles. The Labute approximate surface area is 160 Å². The maximum atomic E-state index is 13.8. The Kier molecular flexibility index (Phi) is 4.33. The van der Waals surface area contributed by atoms with E-state index < -0.39 is 17.4 Å². The fourth-order valence-corrected chi connectivity index (χ4v) is 4.36. The summed E-state index contributed by atoms with van der Waals surface area (Å²) in [6, 6.07) is 5.31. The molecule has 2 atom stereocenters. The minimum absolute atomic E-state index is 0.0223. The zero-order valence-corrected chi connectivity index (χ0v) is 15.9. The van der Waals surface area contributed by atoms with Gasteiger partial charge < -0.3 is 5.32 Å². The highest BCUT2D eigenvalue weighted by Gasteiger charge is 2.59. The van der Waals surface area contributed by atoms with Crippen molar-refractivity contribution in [1.82, 2.24) is 25.1 Å². The van der Waals surface area contributed by atoms with Crippen molar-refractivity contribution in [1.29, 1.82) is 0 Å². The fraction of sp³-hybridized carbons (Fsp3) is 0.556. The van der Waals surface area contributed by atoms with E-state index in [0.717, 1.165) is 15.8 Å². The van der Waals surface area contributed by atoms with E-state index in [-0.39, 0.29) is 24.4 Å². The molecule has 3 aliphatic carbocycles. The normalized spacial score (nSPS) is 27.3. The lowest BCUT2D eigenvalue weighted by Crippen LogP contribution is -2.46.